The van der Waals surface area contributed by atoms with Crippen LogP contribution in [0.1, 0.15) is 12.0 Å². The number of amides is 2. The van der Waals surface area contributed by atoms with Gasteiger partial charge in [-0.2, -0.15) is 0 Å². The van der Waals surface area contributed by atoms with Gasteiger partial charge in [0, 0.05) is 20.5 Å². The number of hydrogen-bond acceptors (Lipinski definition) is 3. The van der Waals surface area contributed by atoms with Gasteiger partial charge in [-0.15, -0.1) is 0 Å². The van der Waals surface area contributed by atoms with Crippen molar-refractivity contribution in [3.8, 4) is 0 Å². The normalized spacial score (nSPS) is 20.8. The summed E-state index contributed by atoms with van der Waals surface area (Å²) < 4.78 is 0. The molecule has 0 aliphatic heterocycles. The Bertz CT molecular complexity index is 571. The van der Waals surface area contributed by atoms with Crippen molar-refractivity contribution < 1.29 is 19.5 Å². The summed E-state index contributed by atoms with van der Waals surface area (Å²) in [4.78, 5) is 36.6. The molecule has 1 aliphatic carbocycles. The number of benzene rings is 1. The molecule has 6 heteroatoms. The van der Waals surface area contributed by atoms with Crippen molar-refractivity contribution in [2.24, 2.45) is 11.8 Å². The van der Waals surface area contributed by atoms with Crippen LogP contribution in [0.3, 0.4) is 0 Å². The molecular weight excluding hydrogens is 284 g/mol. The third-order valence-electron chi connectivity index (χ3n) is 3.78. The lowest BCUT2D eigenvalue weighted by atomic mass is 10.0. The second-order valence-electron chi connectivity index (χ2n) is 5.77. The zero-order valence-corrected chi connectivity index (χ0v) is 12.7. The third-order valence-corrected chi connectivity index (χ3v) is 3.78. The van der Waals surface area contributed by atoms with Gasteiger partial charge in [0.05, 0.1) is 11.8 Å². The summed E-state index contributed by atoms with van der Waals surface area (Å²) in [6.45, 7) is 0. The lowest BCUT2D eigenvalue weighted by Gasteiger charge is -2.22. The smallest absolute Gasteiger partial charge is 0.307 e. The second-order valence-corrected chi connectivity index (χ2v) is 5.77. The number of hydrogen-bond donors (Lipinski definition) is 2. The quantitative estimate of drug-likeness (QED) is 0.802. The van der Waals surface area contributed by atoms with Gasteiger partial charge in [0.2, 0.25) is 11.8 Å². The van der Waals surface area contributed by atoms with Gasteiger partial charge >= 0.3 is 5.97 Å². The highest BCUT2D eigenvalue weighted by atomic mass is 16.4. The number of rotatable bonds is 6. The Balaban J connectivity index is 2.04. The first-order valence-corrected chi connectivity index (χ1v) is 7.18. The Hall–Kier alpha value is -2.37. The number of aliphatic carboxylic acids is 1. The van der Waals surface area contributed by atoms with Gasteiger partial charge in [0.25, 0.3) is 0 Å². The Morgan fingerprint density at radius 3 is 2.36 bits per heavy atom. The third kappa shape index (κ3) is 3.84. The second kappa shape index (κ2) is 6.60. The molecule has 0 spiro atoms. The van der Waals surface area contributed by atoms with Gasteiger partial charge in [-0.05, 0) is 12.0 Å². The predicted octanol–water partition coefficient (Wildman–Crippen LogP) is 0.523. The van der Waals surface area contributed by atoms with Crippen LogP contribution in [-0.4, -0.2) is 47.9 Å². The van der Waals surface area contributed by atoms with E-state index >= 15 is 0 Å². The molecule has 3 unspecified atom stereocenters. The predicted molar refractivity (Wildman–Crippen MR) is 80.0 cm³/mol. The molecule has 1 aliphatic rings. The zero-order chi connectivity index (χ0) is 16.3. The van der Waals surface area contributed by atoms with Crippen LogP contribution in [0.4, 0.5) is 0 Å². The minimum atomic E-state index is -0.960. The molecule has 0 bridgehead atoms. The molecule has 2 rings (SSSR count). The average molecular weight is 304 g/mol. The van der Waals surface area contributed by atoms with E-state index in [2.05, 4.69) is 5.32 Å². The maximum absolute atomic E-state index is 12.2. The summed E-state index contributed by atoms with van der Waals surface area (Å²) in [5.41, 5.74) is 0.939. The van der Waals surface area contributed by atoms with E-state index in [1.165, 1.54) is 4.90 Å². The van der Waals surface area contributed by atoms with Gasteiger partial charge in [-0.1, -0.05) is 30.3 Å². The highest BCUT2D eigenvalue weighted by Gasteiger charge is 2.49. The van der Waals surface area contributed by atoms with Crippen molar-refractivity contribution >= 4 is 17.8 Å². The minimum absolute atomic E-state index is 0.204. The number of likely N-dealkylation sites (N-methyl/N-ethyl adjacent to an activating group) is 1. The van der Waals surface area contributed by atoms with Crippen LogP contribution < -0.4 is 5.32 Å². The number of carboxylic acids is 1. The molecule has 22 heavy (non-hydrogen) atoms. The summed E-state index contributed by atoms with van der Waals surface area (Å²) >= 11 is 0. The van der Waals surface area contributed by atoms with Crippen LogP contribution in [0.25, 0.3) is 0 Å². The van der Waals surface area contributed by atoms with Crippen LogP contribution in [0, 0.1) is 11.8 Å². The molecule has 1 fully saturated rings. The first kappa shape index (κ1) is 16.0. The molecule has 0 heterocycles. The summed E-state index contributed by atoms with van der Waals surface area (Å²) in [6, 6.07) is 8.72. The molecule has 0 aromatic heterocycles. The fraction of sp³-hybridized carbons (Fsp3) is 0.438. The number of carbonyl (C=O) groups excluding carboxylic acids is 2. The molecule has 2 N–H and O–H groups in total. The van der Waals surface area contributed by atoms with Crippen molar-refractivity contribution in [2.45, 2.75) is 18.9 Å². The summed E-state index contributed by atoms with van der Waals surface area (Å²) in [5, 5.41) is 11.6. The van der Waals surface area contributed by atoms with Gasteiger partial charge in [-0.3, -0.25) is 14.4 Å². The monoisotopic (exact) mass is 304 g/mol. The Morgan fingerprint density at radius 1 is 1.23 bits per heavy atom. The van der Waals surface area contributed by atoms with E-state index in [1.807, 2.05) is 30.3 Å². The van der Waals surface area contributed by atoms with Crippen LogP contribution in [-0.2, 0) is 20.8 Å². The van der Waals surface area contributed by atoms with Crippen molar-refractivity contribution in [2.75, 3.05) is 14.1 Å². The first-order valence-electron chi connectivity index (χ1n) is 7.18. The number of nitrogens with zero attached hydrogens (tertiary/aromatic N) is 1. The van der Waals surface area contributed by atoms with Crippen molar-refractivity contribution in [1.82, 2.24) is 10.2 Å². The summed E-state index contributed by atoms with van der Waals surface area (Å²) in [7, 11) is 3.26. The van der Waals surface area contributed by atoms with Crippen LogP contribution in [0.5, 0.6) is 0 Å². The molecule has 2 amide bonds. The lowest BCUT2D eigenvalue weighted by Crippen LogP contribution is -2.48. The van der Waals surface area contributed by atoms with E-state index in [1.54, 1.807) is 14.1 Å². The van der Waals surface area contributed by atoms with E-state index in [-0.39, 0.29) is 11.8 Å². The van der Waals surface area contributed by atoms with Crippen LogP contribution >= 0.6 is 0 Å². The topological polar surface area (TPSA) is 86.7 Å². The molecule has 3 atom stereocenters. The van der Waals surface area contributed by atoms with Crippen molar-refractivity contribution in [3.63, 3.8) is 0 Å². The minimum Gasteiger partial charge on any atom is -0.481 e. The Morgan fingerprint density at radius 2 is 1.86 bits per heavy atom. The number of carbonyl (C=O) groups is 3. The molecule has 1 saturated carbocycles. The van der Waals surface area contributed by atoms with Gasteiger partial charge in [0.15, 0.2) is 0 Å². The molecule has 6 nitrogen and oxygen atoms in total. The molecule has 0 saturated heterocycles. The van der Waals surface area contributed by atoms with E-state index in [0.29, 0.717) is 12.8 Å². The summed E-state index contributed by atoms with van der Waals surface area (Å²) in [5.74, 6) is -2.66. The summed E-state index contributed by atoms with van der Waals surface area (Å²) in [6.07, 6.45) is 0.726. The van der Waals surface area contributed by atoms with Gasteiger partial charge < -0.3 is 15.3 Å². The standard InChI is InChI=1S/C16H20N2O4/c1-18(2)15(20)13(8-10-6-4-3-5-7-10)17-14(19)11-9-12(11)16(21)22/h3-7,11-13H,8-9H2,1-2H3,(H,17,19)(H,21,22). The number of carboxylic acid groups (broad SMARTS) is 1. The highest BCUT2D eigenvalue weighted by molar-refractivity contribution is 5.93. The molecule has 1 aromatic rings. The SMILES string of the molecule is CN(C)C(=O)C(Cc1ccccc1)NC(=O)C1CC1C(=O)O. The largest absolute Gasteiger partial charge is 0.481 e. The number of nitrogens with one attached hydrogen (secondary N) is 1. The van der Waals surface area contributed by atoms with Gasteiger partial charge in [-0.25, -0.2) is 0 Å². The molecule has 0 radical (unpaired) electrons. The Kier molecular flexibility index (Phi) is 4.80. The fourth-order valence-electron chi connectivity index (χ4n) is 2.40. The van der Waals surface area contributed by atoms with Crippen molar-refractivity contribution in [1.29, 1.82) is 0 Å². The molecular formula is C16H20N2O4. The van der Waals surface area contributed by atoms with Crippen LogP contribution in [0.2, 0.25) is 0 Å². The maximum atomic E-state index is 12.2. The average Bonchev–Trinajstić information content (AvgIpc) is 3.27. The van der Waals surface area contributed by atoms with Gasteiger partial charge in [0.1, 0.15) is 6.04 Å². The van der Waals surface area contributed by atoms with Crippen molar-refractivity contribution in [3.05, 3.63) is 35.9 Å². The molecule has 118 valence electrons. The lowest BCUT2D eigenvalue weighted by molar-refractivity contribution is -0.140. The highest BCUT2D eigenvalue weighted by Crippen LogP contribution is 2.38. The van der Waals surface area contributed by atoms with E-state index in [9.17, 15) is 14.4 Å². The fourth-order valence-corrected chi connectivity index (χ4v) is 2.40. The molecule has 1 aromatic carbocycles. The van der Waals surface area contributed by atoms with Crippen LogP contribution in [0.15, 0.2) is 30.3 Å². The maximum Gasteiger partial charge on any atom is 0.307 e. The van der Waals surface area contributed by atoms with E-state index < -0.39 is 23.8 Å². The van der Waals surface area contributed by atoms with E-state index in [0.717, 1.165) is 5.56 Å². The Labute approximate surface area is 129 Å². The zero-order valence-electron chi connectivity index (χ0n) is 12.7. The first-order chi connectivity index (χ1) is 10.4. The van der Waals surface area contributed by atoms with E-state index in [4.69, 9.17) is 5.11 Å².